The van der Waals surface area contributed by atoms with Crippen molar-refractivity contribution in [3.63, 3.8) is 0 Å². The van der Waals surface area contributed by atoms with E-state index >= 15 is 0 Å². The van der Waals surface area contributed by atoms with Gasteiger partial charge in [-0.1, -0.05) is 43.1 Å². The van der Waals surface area contributed by atoms with E-state index in [1.807, 2.05) is 11.5 Å². The van der Waals surface area contributed by atoms with E-state index in [4.69, 9.17) is 16.6 Å². The Morgan fingerprint density at radius 1 is 1.16 bits per heavy atom. The number of amides is 2. The minimum atomic E-state index is -4.78. The van der Waals surface area contributed by atoms with E-state index < -0.39 is 12.3 Å². The minimum absolute atomic E-state index is 0.0717. The van der Waals surface area contributed by atoms with Gasteiger partial charge in [-0.25, -0.2) is 4.98 Å². The smallest absolute Gasteiger partial charge is 0.406 e. The van der Waals surface area contributed by atoms with E-state index in [9.17, 15) is 22.8 Å². The van der Waals surface area contributed by atoms with Crippen LogP contribution < -0.4 is 15.0 Å². The third-order valence-electron chi connectivity index (χ3n) is 6.19. The zero-order valence-electron chi connectivity index (χ0n) is 20.9. The molecule has 202 valence electrons. The number of halogens is 4. The molecule has 0 spiro atoms. The van der Waals surface area contributed by atoms with Crippen LogP contribution in [0.15, 0.2) is 48.5 Å². The van der Waals surface area contributed by atoms with Crippen LogP contribution in [0.5, 0.6) is 5.75 Å². The van der Waals surface area contributed by atoms with Gasteiger partial charge < -0.3 is 14.6 Å². The SMILES string of the molecule is CCCCN(C(=O)c1cccc(Cl)c1)c1nc2n(c1C(=O)NCc1ccc(OC(F)(F)F)cc1)CCCC2. The van der Waals surface area contributed by atoms with Crippen LogP contribution in [-0.4, -0.2) is 34.3 Å². The fourth-order valence-corrected chi connectivity index (χ4v) is 4.54. The van der Waals surface area contributed by atoms with Gasteiger partial charge >= 0.3 is 6.36 Å². The Morgan fingerprint density at radius 3 is 2.61 bits per heavy atom. The van der Waals surface area contributed by atoms with Crippen LogP contribution >= 0.6 is 11.6 Å². The van der Waals surface area contributed by atoms with Crippen molar-refractivity contribution < 1.29 is 27.5 Å². The minimum Gasteiger partial charge on any atom is -0.406 e. The third kappa shape index (κ3) is 6.66. The molecule has 1 aliphatic rings. The lowest BCUT2D eigenvalue weighted by Crippen LogP contribution is -2.35. The number of rotatable bonds is 9. The predicted octanol–water partition coefficient (Wildman–Crippen LogP) is 6.15. The average Bonchev–Trinajstić information content (AvgIpc) is 3.26. The van der Waals surface area contributed by atoms with Gasteiger partial charge in [-0.15, -0.1) is 13.2 Å². The number of carbonyl (C=O) groups excluding carboxylic acids is 2. The molecule has 4 rings (SSSR count). The van der Waals surface area contributed by atoms with Crippen LogP contribution in [0.2, 0.25) is 5.02 Å². The van der Waals surface area contributed by atoms with Crippen LogP contribution in [-0.2, 0) is 19.5 Å². The number of nitrogens with zero attached hydrogens (tertiary/aromatic N) is 3. The Morgan fingerprint density at radius 2 is 1.92 bits per heavy atom. The highest BCUT2D eigenvalue weighted by Gasteiger charge is 2.32. The number of fused-ring (bicyclic) bond motifs is 1. The topological polar surface area (TPSA) is 76.5 Å². The van der Waals surface area contributed by atoms with Gasteiger partial charge in [-0.2, -0.15) is 0 Å². The zero-order valence-corrected chi connectivity index (χ0v) is 21.6. The molecule has 0 unspecified atom stereocenters. The number of hydrogen-bond donors (Lipinski definition) is 1. The van der Waals surface area contributed by atoms with Gasteiger partial charge in [-0.3, -0.25) is 14.5 Å². The number of aromatic nitrogens is 2. The number of ether oxygens (including phenoxy) is 1. The van der Waals surface area contributed by atoms with Crippen LogP contribution in [0.25, 0.3) is 0 Å². The maximum absolute atomic E-state index is 13.6. The summed E-state index contributed by atoms with van der Waals surface area (Å²) < 4.78 is 43.1. The van der Waals surface area contributed by atoms with Gasteiger partial charge in [0.2, 0.25) is 0 Å². The summed E-state index contributed by atoms with van der Waals surface area (Å²) in [5, 5.41) is 3.27. The average molecular weight is 549 g/mol. The Bertz CT molecular complexity index is 1290. The largest absolute Gasteiger partial charge is 0.573 e. The molecule has 0 saturated carbocycles. The number of nitrogens with one attached hydrogen (secondary N) is 1. The first-order valence-electron chi connectivity index (χ1n) is 12.5. The summed E-state index contributed by atoms with van der Waals surface area (Å²) >= 11 is 6.13. The maximum Gasteiger partial charge on any atom is 0.573 e. The summed E-state index contributed by atoms with van der Waals surface area (Å²) in [4.78, 5) is 33.4. The first kappa shape index (κ1) is 27.5. The van der Waals surface area contributed by atoms with Crippen molar-refractivity contribution in [1.29, 1.82) is 0 Å². The molecule has 0 atom stereocenters. The first-order valence-corrected chi connectivity index (χ1v) is 12.8. The maximum atomic E-state index is 13.6. The van der Waals surface area contributed by atoms with Crippen molar-refractivity contribution >= 4 is 29.2 Å². The summed E-state index contributed by atoms with van der Waals surface area (Å²) in [6.07, 6.45) is -0.736. The Labute approximate surface area is 223 Å². The molecule has 3 aromatic rings. The molecule has 2 aromatic carbocycles. The van der Waals surface area contributed by atoms with E-state index in [1.54, 1.807) is 29.2 Å². The van der Waals surface area contributed by atoms with Crippen molar-refractivity contribution in [2.75, 3.05) is 11.4 Å². The lowest BCUT2D eigenvalue weighted by atomic mass is 10.1. The molecule has 1 aromatic heterocycles. The van der Waals surface area contributed by atoms with Crippen LogP contribution in [0.1, 0.15) is 64.8 Å². The van der Waals surface area contributed by atoms with Crippen molar-refractivity contribution in [2.24, 2.45) is 0 Å². The van der Waals surface area contributed by atoms with Gasteiger partial charge in [0.25, 0.3) is 11.8 Å². The second-order valence-corrected chi connectivity index (χ2v) is 9.44. The summed E-state index contributed by atoms with van der Waals surface area (Å²) in [5.41, 5.74) is 1.28. The number of imidazole rings is 1. The lowest BCUT2D eigenvalue weighted by Gasteiger charge is -2.22. The zero-order chi connectivity index (χ0) is 27.3. The summed E-state index contributed by atoms with van der Waals surface area (Å²) in [7, 11) is 0. The fourth-order valence-electron chi connectivity index (χ4n) is 4.35. The van der Waals surface area contributed by atoms with Gasteiger partial charge in [0.15, 0.2) is 11.5 Å². The van der Waals surface area contributed by atoms with Crippen molar-refractivity contribution in [3.8, 4) is 5.75 Å². The van der Waals surface area contributed by atoms with Crippen LogP contribution in [0.3, 0.4) is 0 Å². The summed E-state index contributed by atoms with van der Waals surface area (Å²) in [6.45, 7) is 3.06. The second-order valence-electron chi connectivity index (χ2n) is 9.00. The highest BCUT2D eigenvalue weighted by molar-refractivity contribution is 6.31. The molecule has 7 nitrogen and oxygen atoms in total. The number of anilines is 1. The Balaban J connectivity index is 1.61. The molecular formula is C27H28ClF3N4O3. The number of alkyl halides is 3. The van der Waals surface area contributed by atoms with E-state index in [2.05, 4.69) is 10.1 Å². The predicted molar refractivity (Wildman–Crippen MR) is 137 cm³/mol. The van der Waals surface area contributed by atoms with Crippen LogP contribution in [0.4, 0.5) is 19.0 Å². The molecule has 2 amide bonds. The molecule has 2 heterocycles. The number of unbranched alkanes of at least 4 members (excludes halogenated alkanes) is 1. The molecule has 0 fully saturated rings. The molecule has 0 aliphatic carbocycles. The van der Waals surface area contributed by atoms with Gasteiger partial charge in [0.05, 0.1) is 0 Å². The molecule has 1 N–H and O–H groups in total. The normalized spacial score (nSPS) is 13.1. The van der Waals surface area contributed by atoms with Gasteiger partial charge in [0, 0.05) is 36.6 Å². The summed E-state index contributed by atoms with van der Waals surface area (Å²) in [6, 6.07) is 11.9. The van der Waals surface area contributed by atoms with E-state index in [0.717, 1.165) is 25.1 Å². The quantitative estimate of drug-likeness (QED) is 0.348. The Hall–Kier alpha value is -3.53. The monoisotopic (exact) mass is 548 g/mol. The lowest BCUT2D eigenvalue weighted by molar-refractivity contribution is -0.274. The standard InChI is InChI=1S/C27H28ClF3N4O3/c1-2-3-14-35(26(37)19-7-6-8-20(28)16-19)24-23(34-15-5-4-9-22(34)33-24)25(36)32-17-18-10-12-21(13-11-18)38-27(29,30)31/h6-8,10-13,16H,2-5,9,14-15,17H2,1H3,(H,32,36). The molecule has 0 radical (unpaired) electrons. The van der Waals surface area contributed by atoms with Crippen LogP contribution in [0, 0.1) is 0 Å². The molecule has 0 bridgehead atoms. The van der Waals surface area contributed by atoms with E-state index in [1.165, 1.54) is 24.3 Å². The molecule has 11 heteroatoms. The van der Waals surface area contributed by atoms with Gasteiger partial charge in [0.1, 0.15) is 11.6 Å². The fraction of sp³-hybridized carbons (Fsp3) is 0.370. The number of aryl methyl sites for hydroxylation is 1. The van der Waals surface area contributed by atoms with Crippen molar-refractivity contribution in [1.82, 2.24) is 14.9 Å². The molecular weight excluding hydrogens is 521 g/mol. The third-order valence-corrected chi connectivity index (χ3v) is 6.43. The van der Waals surface area contributed by atoms with Gasteiger partial charge in [-0.05, 0) is 55.2 Å². The summed E-state index contributed by atoms with van der Waals surface area (Å²) in [5.74, 6) is -0.0228. The number of benzene rings is 2. The van der Waals surface area contributed by atoms with Crippen molar-refractivity contribution in [2.45, 2.75) is 58.5 Å². The number of carbonyl (C=O) groups is 2. The second kappa shape index (κ2) is 11.9. The highest BCUT2D eigenvalue weighted by Crippen LogP contribution is 2.29. The number of hydrogen-bond acceptors (Lipinski definition) is 4. The van der Waals surface area contributed by atoms with Crippen molar-refractivity contribution in [3.05, 3.63) is 76.2 Å². The molecule has 38 heavy (non-hydrogen) atoms. The Kier molecular flexibility index (Phi) is 8.61. The molecule has 1 aliphatic heterocycles. The van der Waals surface area contributed by atoms with E-state index in [-0.39, 0.29) is 18.2 Å². The highest BCUT2D eigenvalue weighted by atomic mass is 35.5. The van der Waals surface area contributed by atoms with E-state index in [0.29, 0.717) is 53.6 Å². The molecule has 0 saturated heterocycles. The first-order chi connectivity index (χ1) is 18.2.